The molecule has 0 spiro atoms. The van der Waals surface area contributed by atoms with Crippen molar-refractivity contribution in [2.45, 2.75) is 26.3 Å². The van der Waals surface area contributed by atoms with Crippen molar-refractivity contribution in [3.63, 3.8) is 0 Å². The standard InChI is InChI=1S/C18H19N3O4/c1-2-6-17(22)20-14-8-5-7-13(11-14)12-19-18(23)15-9-3-4-10-16(15)21(24)25/h3-5,7-11H,2,6,12H2,1H3,(H,19,23)(H,20,22). The molecule has 0 aromatic heterocycles. The zero-order valence-corrected chi connectivity index (χ0v) is 13.8. The zero-order chi connectivity index (χ0) is 18.2. The van der Waals surface area contributed by atoms with Gasteiger partial charge >= 0.3 is 0 Å². The lowest BCUT2D eigenvalue weighted by Crippen LogP contribution is -2.23. The Bertz CT molecular complexity index is 789. The van der Waals surface area contributed by atoms with Crippen LogP contribution in [0.3, 0.4) is 0 Å². The van der Waals surface area contributed by atoms with Gasteiger partial charge in [-0.15, -0.1) is 0 Å². The topological polar surface area (TPSA) is 101 Å². The fourth-order valence-electron chi connectivity index (χ4n) is 2.31. The molecule has 0 bridgehead atoms. The van der Waals surface area contributed by atoms with Crippen LogP contribution in [0.4, 0.5) is 11.4 Å². The average molecular weight is 341 g/mol. The molecule has 130 valence electrons. The van der Waals surface area contributed by atoms with Gasteiger partial charge in [0.2, 0.25) is 5.91 Å². The molecule has 2 N–H and O–H groups in total. The van der Waals surface area contributed by atoms with E-state index in [9.17, 15) is 19.7 Å². The number of carbonyl (C=O) groups is 2. The number of nitro benzene ring substituents is 1. The molecular formula is C18H19N3O4. The Morgan fingerprint density at radius 1 is 1.12 bits per heavy atom. The average Bonchev–Trinajstić information content (AvgIpc) is 2.60. The summed E-state index contributed by atoms with van der Waals surface area (Å²) >= 11 is 0. The molecule has 2 aromatic carbocycles. The molecule has 0 aliphatic carbocycles. The van der Waals surface area contributed by atoms with Crippen molar-refractivity contribution in [1.82, 2.24) is 5.32 Å². The maximum absolute atomic E-state index is 12.2. The first-order valence-corrected chi connectivity index (χ1v) is 7.91. The van der Waals surface area contributed by atoms with Gasteiger partial charge < -0.3 is 10.6 Å². The van der Waals surface area contributed by atoms with Crippen molar-refractivity contribution < 1.29 is 14.5 Å². The molecule has 0 heterocycles. The minimum atomic E-state index is -0.585. The number of hydrogen-bond donors (Lipinski definition) is 2. The van der Waals surface area contributed by atoms with Gasteiger partial charge in [0.15, 0.2) is 0 Å². The Morgan fingerprint density at radius 3 is 2.60 bits per heavy atom. The smallest absolute Gasteiger partial charge is 0.282 e. The number of nitrogens with one attached hydrogen (secondary N) is 2. The van der Waals surface area contributed by atoms with Gasteiger partial charge in [-0.25, -0.2) is 0 Å². The highest BCUT2D eigenvalue weighted by atomic mass is 16.6. The predicted molar refractivity (Wildman–Crippen MR) is 94.2 cm³/mol. The number of nitro groups is 1. The molecule has 0 fully saturated rings. The predicted octanol–water partition coefficient (Wildman–Crippen LogP) is 3.26. The van der Waals surface area contributed by atoms with Crippen molar-refractivity contribution in [2.24, 2.45) is 0 Å². The first-order chi connectivity index (χ1) is 12.0. The van der Waals surface area contributed by atoms with Gasteiger partial charge in [-0.2, -0.15) is 0 Å². The summed E-state index contributed by atoms with van der Waals surface area (Å²) in [6, 6.07) is 12.9. The molecule has 0 radical (unpaired) electrons. The van der Waals surface area contributed by atoms with Crippen molar-refractivity contribution in [1.29, 1.82) is 0 Å². The molecule has 2 amide bonds. The van der Waals surface area contributed by atoms with Crippen LogP contribution in [0.25, 0.3) is 0 Å². The van der Waals surface area contributed by atoms with Crippen LogP contribution in [0.1, 0.15) is 35.7 Å². The lowest BCUT2D eigenvalue weighted by Gasteiger charge is -2.09. The highest BCUT2D eigenvalue weighted by molar-refractivity contribution is 5.98. The Morgan fingerprint density at radius 2 is 1.88 bits per heavy atom. The van der Waals surface area contributed by atoms with Gasteiger partial charge in [0.05, 0.1) is 4.92 Å². The number of rotatable bonds is 7. The van der Waals surface area contributed by atoms with Crippen LogP contribution < -0.4 is 10.6 Å². The normalized spacial score (nSPS) is 10.1. The number of para-hydroxylation sites is 1. The molecule has 2 rings (SSSR count). The number of benzene rings is 2. The highest BCUT2D eigenvalue weighted by Gasteiger charge is 2.18. The number of anilines is 1. The van der Waals surface area contributed by atoms with E-state index in [-0.39, 0.29) is 23.7 Å². The fraction of sp³-hybridized carbons (Fsp3) is 0.222. The van der Waals surface area contributed by atoms with Gasteiger partial charge in [0.25, 0.3) is 11.6 Å². The Hall–Kier alpha value is -3.22. The lowest BCUT2D eigenvalue weighted by atomic mass is 10.1. The van der Waals surface area contributed by atoms with E-state index in [2.05, 4.69) is 10.6 Å². The van der Waals surface area contributed by atoms with Gasteiger partial charge in [0, 0.05) is 24.7 Å². The summed E-state index contributed by atoms with van der Waals surface area (Å²) in [5.41, 5.74) is 1.21. The Labute approximate surface area is 145 Å². The minimum Gasteiger partial charge on any atom is -0.348 e. The number of carbonyl (C=O) groups excluding carboxylic acids is 2. The molecule has 2 aromatic rings. The summed E-state index contributed by atoms with van der Waals surface area (Å²) < 4.78 is 0. The van der Waals surface area contributed by atoms with E-state index < -0.39 is 10.8 Å². The van der Waals surface area contributed by atoms with Gasteiger partial charge in [0.1, 0.15) is 5.56 Å². The lowest BCUT2D eigenvalue weighted by molar-refractivity contribution is -0.385. The molecule has 0 saturated heterocycles. The molecule has 0 saturated carbocycles. The first kappa shape index (κ1) is 18.1. The second-order valence-corrected chi connectivity index (χ2v) is 5.46. The van der Waals surface area contributed by atoms with Gasteiger partial charge in [-0.05, 0) is 30.2 Å². The monoisotopic (exact) mass is 341 g/mol. The second-order valence-electron chi connectivity index (χ2n) is 5.46. The second kappa shape index (κ2) is 8.58. The van der Waals surface area contributed by atoms with Crippen molar-refractivity contribution >= 4 is 23.2 Å². The number of amides is 2. The minimum absolute atomic E-state index is 0.0138. The van der Waals surface area contributed by atoms with E-state index in [1.54, 1.807) is 30.3 Å². The highest BCUT2D eigenvalue weighted by Crippen LogP contribution is 2.18. The summed E-state index contributed by atoms with van der Waals surface area (Å²) in [5.74, 6) is -0.587. The third-order valence-corrected chi connectivity index (χ3v) is 3.49. The summed E-state index contributed by atoms with van der Waals surface area (Å²) in [5, 5.41) is 16.4. The Balaban J connectivity index is 2.03. The van der Waals surface area contributed by atoms with Crippen LogP contribution in [-0.2, 0) is 11.3 Å². The molecular weight excluding hydrogens is 322 g/mol. The molecule has 0 aliphatic heterocycles. The number of nitrogens with zero attached hydrogens (tertiary/aromatic N) is 1. The van der Waals surface area contributed by atoms with Crippen LogP contribution in [0.5, 0.6) is 0 Å². The third-order valence-electron chi connectivity index (χ3n) is 3.49. The van der Waals surface area contributed by atoms with Crippen LogP contribution >= 0.6 is 0 Å². The maximum atomic E-state index is 12.2. The third kappa shape index (κ3) is 5.13. The Kier molecular flexibility index (Phi) is 6.22. The first-order valence-electron chi connectivity index (χ1n) is 7.91. The molecule has 0 unspecified atom stereocenters. The SMILES string of the molecule is CCCC(=O)Nc1cccc(CNC(=O)c2ccccc2[N+](=O)[O-])c1. The van der Waals surface area contributed by atoms with Crippen molar-refractivity contribution in [2.75, 3.05) is 5.32 Å². The maximum Gasteiger partial charge on any atom is 0.282 e. The summed E-state index contributed by atoms with van der Waals surface area (Å²) in [6.45, 7) is 2.12. The largest absolute Gasteiger partial charge is 0.348 e. The van der Waals surface area contributed by atoms with E-state index in [4.69, 9.17) is 0 Å². The van der Waals surface area contributed by atoms with E-state index in [1.165, 1.54) is 18.2 Å². The fourth-order valence-corrected chi connectivity index (χ4v) is 2.31. The van der Waals surface area contributed by atoms with Crippen LogP contribution in [0.15, 0.2) is 48.5 Å². The van der Waals surface area contributed by atoms with E-state index >= 15 is 0 Å². The quantitative estimate of drug-likeness (QED) is 0.596. The molecule has 7 heteroatoms. The van der Waals surface area contributed by atoms with Gasteiger partial charge in [-0.3, -0.25) is 19.7 Å². The molecule has 7 nitrogen and oxygen atoms in total. The van der Waals surface area contributed by atoms with E-state index in [0.717, 1.165) is 12.0 Å². The van der Waals surface area contributed by atoms with Crippen LogP contribution in [0, 0.1) is 10.1 Å². The molecule has 0 aliphatic rings. The van der Waals surface area contributed by atoms with Crippen molar-refractivity contribution in [3.05, 3.63) is 69.8 Å². The molecule has 25 heavy (non-hydrogen) atoms. The zero-order valence-electron chi connectivity index (χ0n) is 13.8. The van der Waals surface area contributed by atoms with E-state index in [0.29, 0.717) is 12.1 Å². The van der Waals surface area contributed by atoms with Crippen LogP contribution in [0.2, 0.25) is 0 Å². The molecule has 0 atom stereocenters. The summed E-state index contributed by atoms with van der Waals surface area (Å²) in [6.07, 6.45) is 1.20. The van der Waals surface area contributed by atoms with Gasteiger partial charge in [-0.1, -0.05) is 31.2 Å². The van der Waals surface area contributed by atoms with E-state index in [1.807, 2.05) is 6.92 Å². The van der Waals surface area contributed by atoms with Crippen molar-refractivity contribution in [3.8, 4) is 0 Å². The van der Waals surface area contributed by atoms with Crippen LogP contribution in [-0.4, -0.2) is 16.7 Å². The summed E-state index contributed by atoms with van der Waals surface area (Å²) in [7, 11) is 0. The number of hydrogen-bond acceptors (Lipinski definition) is 4. The summed E-state index contributed by atoms with van der Waals surface area (Å²) in [4.78, 5) is 34.2.